The highest BCUT2D eigenvalue weighted by Crippen LogP contribution is 2.19. The van der Waals surface area contributed by atoms with Gasteiger partial charge in [-0.1, -0.05) is 18.2 Å². The van der Waals surface area contributed by atoms with Gasteiger partial charge in [-0.25, -0.2) is 0 Å². The first-order valence-corrected chi connectivity index (χ1v) is 6.55. The SMILES string of the molecule is CN=C(NCc1ccccc1OC(F)F)NC(C)COC. The molecular formula is C14H21F2N3O2. The molecule has 0 amide bonds. The number of hydrogen-bond donors (Lipinski definition) is 2. The number of aliphatic imine (C=N–C) groups is 1. The highest BCUT2D eigenvalue weighted by molar-refractivity contribution is 5.80. The number of benzene rings is 1. The van der Waals surface area contributed by atoms with E-state index in [-0.39, 0.29) is 11.8 Å². The number of hydrogen-bond acceptors (Lipinski definition) is 3. The van der Waals surface area contributed by atoms with Crippen molar-refractivity contribution < 1.29 is 18.3 Å². The summed E-state index contributed by atoms with van der Waals surface area (Å²) in [6.45, 7) is -0.0385. The number of nitrogens with one attached hydrogen (secondary N) is 2. The molecule has 118 valence electrons. The van der Waals surface area contributed by atoms with E-state index in [1.54, 1.807) is 32.4 Å². The number of alkyl halides is 2. The van der Waals surface area contributed by atoms with Crippen molar-refractivity contribution in [2.24, 2.45) is 4.99 Å². The largest absolute Gasteiger partial charge is 0.434 e. The molecule has 0 fully saturated rings. The van der Waals surface area contributed by atoms with Crippen molar-refractivity contribution in [2.45, 2.75) is 26.1 Å². The lowest BCUT2D eigenvalue weighted by Gasteiger charge is -2.18. The van der Waals surface area contributed by atoms with E-state index >= 15 is 0 Å². The van der Waals surface area contributed by atoms with Crippen LogP contribution in [0, 0.1) is 0 Å². The minimum atomic E-state index is -2.84. The van der Waals surface area contributed by atoms with Crippen molar-refractivity contribution in [2.75, 3.05) is 20.8 Å². The molecule has 0 heterocycles. The van der Waals surface area contributed by atoms with Gasteiger partial charge in [-0.3, -0.25) is 4.99 Å². The lowest BCUT2D eigenvalue weighted by molar-refractivity contribution is -0.0504. The molecule has 2 N–H and O–H groups in total. The fourth-order valence-electron chi connectivity index (χ4n) is 1.76. The number of halogens is 2. The molecule has 7 heteroatoms. The molecule has 0 spiro atoms. The Morgan fingerprint density at radius 1 is 1.33 bits per heavy atom. The molecule has 1 aromatic rings. The monoisotopic (exact) mass is 301 g/mol. The maximum Gasteiger partial charge on any atom is 0.387 e. The molecule has 0 aliphatic rings. The normalized spacial score (nSPS) is 13.1. The fraction of sp³-hybridized carbons (Fsp3) is 0.500. The molecule has 0 radical (unpaired) electrons. The van der Waals surface area contributed by atoms with Gasteiger partial charge in [0, 0.05) is 32.3 Å². The highest BCUT2D eigenvalue weighted by atomic mass is 19.3. The number of ether oxygens (including phenoxy) is 2. The van der Waals surface area contributed by atoms with Gasteiger partial charge in [0.25, 0.3) is 0 Å². The molecule has 0 saturated heterocycles. The van der Waals surface area contributed by atoms with E-state index in [1.807, 2.05) is 6.92 Å². The second-order valence-electron chi connectivity index (χ2n) is 4.41. The zero-order valence-corrected chi connectivity index (χ0v) is 12.4. The summed E-state index contributed by atoms with van der Waals surface area (Å²) in [5.41, 5.74) is 0.625. The Morgan fingerprint density at radius 2 is 2.05 bits per heavy atom. The topological polar surface area (TPSA) is 54.9 Å². The minimum absolute atomic E-state index is 0.0776. The van der Waals surface area contributed by atoms with Crippen LogP contribution in [0.2, 0.25) is 0 Å². The Bertz CT molecular complexity index is 456. The van der Waals surface area contributed by atoms with E-state index < -0.39 is 6.61 Å². The Hall–Kier alpha value is -1.89. The number of para-hydroxylation sites is 1. The summed E-state index contributed by atoms with van der Waals surface area (Å²) >= 11 is 0. The summed E-state index contributed by atoms with van der Waals surface area (Å²) in [7, 11) is 3.25. The van der Waals surface area contributed by atoms with E-state index in [2.05, 4.69) is 20.4 Å². The molecule has 0 aliphatic carbocycles. The highest BCUT2D eigenvalue weighted by Gasteiger charge is 2.10. The molecule has 0 saturated carbocycles. The van der Waals surface area contributed by atoms with Gasteiger partial charge in [0.1, 0.15) is 5.75 Å². The molecule has 1 aromatic carbocycles. The van der Waals surface area contributed by atoms with Crippen molar-refractivity contribution in [3.8, 4) is 5.75 Å². The van der Waals surface area contributed by atoms with E-state index in [4.69, 9.17) is 4.74 Å². The van der Waals surface area contributed by atoms with Crippen LogP contribution < -0.4 is 15.4 Å². The van der Waals surface area contributed by atoms with Crippen molar-refractivity contribution in [1.29, 1.82) is 0 Å². The van der Waals surface area contributed by atoms with E-state index in [0.29, 0.717) is 24.7 Å². The van der Waals surface area contributed by atoms with Crippen LogP contribution in [0.5, 0.6) is 5.75 Å². The lowest BCUT2D eigenvalue weighted by Crippen LogP contribution is -2.43. The van der Waals surface area contributed by atoms with Gasteiger partial charge in [0.15, 0.2) is 5.96 Å². The molecular weight excluding hydrogens is 280 g/mol. The molecule has 21 heavy (non-hydrogen) atoms. The fourth-order valence-corrected chi connectivity index (χ4v) is 1.76. The van der Waals surface area contributed by atoms with E-state index in [1.165, 1.54) is 6.07 Å². The van der Waals surface area contributed by atoms with Crippen molar-refractivity contribution in [3.05, 3.63) is 29.8 Å². The summed E-state index contributed by atoms with van der Waals surface area (Å²) in [4.78, 5) is 4.07. The van der Waals surface area contributed by atoms with Gasteiger partial charge in [-0.05, 0) is 13.0 Å². The van der Waals surface area contributed by atoms with E-state index in [9.17, 15) is 8.78 Å². The average Bonchev–Trinajstić information content (AvgIpc) is 2.44. The zero-order valence-electron chi connectivity index (χ0n) is 12.4. The smallest absolute Gasteiger partial charge is 0.387 e. The van der Waals surface area contributed by atoms with Crippen LogP contribution in [0.1, 0.15) is 12.5 Å². The number of nitrogens with zero attached hydrogens (tertiary/aromatic N) is 1. The molecule has 0 aromatic heterocycles. The number of rotatable bonds is 7. The predicted molar refractivity (Wildman–Crippen MR) is 77.7 cm³/mol. The molecule has 0 aliphatic heterocycles. The molecule has 0 bridgehead atoms. The second-order valence-corrected chi connectivity index (χ2v) is 4.41. The number of guanidine groups is 1. The van der Waals surface area contributed by atoms with Crippen LogP contribution in [0.15, 0.2) is 29.3 Å². The van der Waals surface area contributed by atoms with Gasteiger partial charge in [-0.2, -0.15) is 8.78 Å². The van der Waals surface area contributed by atoms with Gasteiger partial charge < -0.3 is 20.1 Å². The van der Waals surface area contributed by atoms with Crippen LogP contribution in [0.25, 0.3) is 0 Å². The maximum absolute atomic E-state index is 12.3. The maximum atomic E-state index is 12.3. The summed E-state index contributed by atoms with van der Waals surface area (Å²) in [5, 5.41) is 6.17. The summed E-state index contributed by atoms with van der Waals surface area (Å²) in [6, 6.07) is 6.71. The standard InChI is InChI=1S/C14H21F2N3O2/c1-10(9-20-3)19-14(17-2)18-8-11-6-4-5-7-12(11)21-13(15)16/h4-7,10,13H,8-9H2,1-3H3,(H2,17,18,19). The molecule has 1 atom stereocenters. The molecule has 1 rings (SSSR count). The Morgan fingerprint density at radius 3 is 2.67 bits per heavy atom. The van der Waals surface area contributed by atoms with Crippen molar-refractivity contribution >= 4 is 5.96 Å². The predicted octanol–water partition coefficient (Wildman–Crippen LogP) is 1.99. The minimum Gasteiger partial charge on any atom is -0.434 e. The van der Waals surface area contributed by atoms with Crippen molar-refractivity contribution in [1.82, 2.24) is 10.6 Å². The van der Waals surface area contributed by atoms with Gasteiger partial charge in [0.05, 0.1) is 6.61 Å². The molecule has 5 nitrogen and oxygen atoms in total. The third kappa shape index (κ3) is 6.40. The number of methoxy groups -OCH3 is 1. The first-order chi connectivity index (χ1) is 10.1. The van der Waals surface area contributed by atoms with Gasteiger partial charge in [0.2, 0.25) is 0 Å². The van der Waals surface area contributed by atoms with Crippen LogP contribution in [0.4, 0.5) is 8.78 Å². The van der Waals surface area contributed by atoms with Gasteiger partial charge >= 0.3 is 6.61 Å². The van der Waals surface area contributed by atoms with Gasteiger partial charge in [-0.15, -0.1) is 0 Å². The Labute approximate surface area is 123 Å². The summed E-state index contributed by atoms with van der Waals surface area (Å²) in [5.74, 6) is 0.715. The third-order valence-corrected chi connectivity index (χ3v) is 2.66. The average molecular weight is 301 g/mol. The zero-order chi connectivity index (χ0) is 15.7. The molecule has 1 unspecified atom stereocenters. The van der Waals surface area contributed by atoms with Crippen LogP contribution in [-0.2, 0) is 11.3 Å². The Kier molecular flexibility index (Phi) is 7.45. The lowest BCUT2D eigenvalue weighted by atomic mass is 10.2. The van der Waals surface area contributed by atoms with Crippen LogP contribution in [-0.4, -0.2) is 39.4 Å². The Balaban J connectivity index is 2.61. The quantitative estimate of drug-likeness (QED) is 0.597. The summed E-state index contributed by atoms with van der Waals surface area (Å²) in [6.07, 6.45) is 0. The van der Waals surface area contributed by atoms with Crippen LogP contribution >= 0.6 is 0 Å². The van der Waals surface area contributed by atoms with Crippen LogP contribution in [0.3, 0.4) is 0 Å². The second kappa shape index (κ2) is 9.12. The first-order valence-electron chi connectivity index (χ1n) is 6.55. The van der Waals surface area contributed by atoms with Crippen molar-refractivity contribution in [3.63, 3.8) is 0 Å². The summed E-state index contributed by atoms with van der Waals surface area (Å²) < 4.78 is 34.2. The third-order valence-electron chi connectivity index (χ3n) is 2.66. The van der Waals surface area contributed by atoms with E-state index in [0.717, 1.165) is 0 Å². The first kappa shape index (κ1) is 17.2.